The van der Waals surface area contributed by atoms with Crippen molar-refractivity contribution in [2.45, 2.75) is 126 Å². The number of fused-ring (bicyclic) bond motifs is 3. The number of carboxylic acid groups (broad SMARTS) is 1. The average Bonchev–Trinajstić information content (AvgIpc) is 1.78. The first-order chi connectivity index (χ1) is 42.4. The lowest BCUT2D eigenvalue weighted by atomic mass is 10.0. The minimum absolute atomic E-state index is 0.0234. The molecule has 0 aromatic rings. The Morgan fingerprint density at radius 1 is 0.756 bits per heavy atom. The van der Waals surface area contributed by atoms with Crippen molar-refractivity contribution in [2.75, 3.05) is 97.4 Å². The number of aliphatic carboxylic acids is 1. The van der Waals surface area contributed by atoms with Gasteiger partial charge in [-0.1, -0.05) is 13.8 Å². The van der Waals surface area contributed by atoms with Crippen molar-refractivity contribution >= 4 is 116 Å². The molecule has 2 bridgehead atoms. The number of aliphatic imine (C=N–C) groups is 1. The molecule has 4 aliphatic rings. The van der Waals surface area contributed by atoms with Gasteiger partial charge in [-0.05, 0) is 45.4 Å². The molecule has 90 heavy (non-hydrogen) atoms. The predicted octanol–water partition coefficient (Wildman–Crippen LogP) is -9.77. The van der Waals surface area contributed by atoms with E-state index < -0.39 is 177 Å². The number of amides is 11. The highest BCUT2D eigenvalue weighted by Crippen LogP contribution is 2.26. The van der Waals surface area contributed by atoms with Crippen LogP contribution in [-0.4, -0.2) is 301 Å². The second-order valence-corrected chi connectivity index (χ2v) is 24.4. The van der Waals surface area contributed by atoms with E-state index in [1.807, 2.05) is 0 Å². The van der Waals surface area contributed by atoms with E-state index >= 15 is 0 Å². The molecule has 0 spiro atoms. The third-order valence-corrected chi connectivity index (χ3v) is 16.9. The van der Waals surface area contributed by atoms with Crippen molar-refractivity contribution in [3.8, 4) is 0 Å². The molecule has 0 radical (unpaired) electrons. The monoisotopic (exact) mass is 1320 g/mol. The number of carboxylic acids is 1. The van der Waals surface area contributed by atoms with E-state index in [0.29, 0.717) is 45.7 Å². The normalized spacial score (nSPS) is 21.8. The first-order valence-electron chi connectivity index (χ1n) is 29.1. The number of aliphatic hydroxyl groups is 2. The van der Waals surface area contributed by atoms with Crippen molar-refractivity contribution in [1.29, 1.82) is 0 Å². The summed E-state index contributed by atoms with van der Waals surface area (Å²) in [6, 6.07) is -12.1. The number of primary amides is 1. The zero-order valence-corrected chi connectivity index (χ0v) is 52.4. The molecule has 39 heteroatoms. The minimum Gasteiger partial charge on any atom is -0.558 e. The van der Waals surface area contributed by atoms with Gasteiger partial charge in [-0.2, -0.15) is 0 Å². The fourth-order valence-corrected chi connectivity index (χ4v) is 11.5. The van der Waals surface area contributed by atoms with E-state index in [2.05, 4.69) is 49.8 Å². The maximum absolute atomic E-state index is 14.1. The molecule has 18 N–H and O–H groups in total. The molecular weight excluding hydrogens is 1230 g/mol. The molecule has 4 heterocycles. The van der Waals surface area contributed by atoms with Gasteiger partial charge in [0.2, 0.25) is 65.0 Å². The molecule has 4 rings (SSSR count). The van der Waals surface area contributed by atoms with Crippen LogP contribution in [-0.2, 0) is 74.7 Å². The molecule has 0 aliphatic carbocycles. The van der Waals surface area contributed by atoms with E-state index in [-0.39, 0.29) is 83.2 Å². The van der Waals surface area contributed by atoms with Gasteiger partial charge in [0.05, 0.1) is 44.0 Å². The maximum Gasteiger partial charge on any atom is 1.15 e. The summed E-state index contributed by atoms with van der Waals surface area (Å²) in [7, 11) is 0. The van der Waals surface area contributed by atoms with E-state index in [4.69, 9.17) is 22.9 Å². The van der Waals surface area contributed by atoms with Crippen LogP contribution in [0.5, 0.6) is 0 Å². The molecule has 502 valence electrons. The molecule has 11 amide bonds. The highest BCUT2D eigenvalue weighted by Gasteiger charge is 2.44. The first kappa shape index (κ1) is 75.1. The zero-order valence-electron chi connectivity index (χ0n) is 50.4. The summed E-state index contributed by atoms with van der Waals surface area (Å²) in [5.74, 6) is -14.2. The number of nitrogens with two attached hydrogens (primary N) is 4. The summed E-state index contributed by atoms with van der Waals surface area (Å²) in [6.07, 6.45) is -2.51. The van der Waals surface area contributed by atoms with Crippen molar-refractivity contribution in [3.05, 3.63) is 0 Å². The molecule has 0 saturated carbocycles. The summed E-state index contributed by atoms with van der Waals surface area (Å²) in [5.41, 5.74) is 21.6. The van der Waals surface area contributed by atoms with E-state index in [1.54, 1.807) is 28.5 Å². The van der Waals surface area contributed by atoms with E-state index in [0.717, 1.165) is 28.5 Å². The lowest BCUT2D eigenvalue weighted by Crippen LogP contribution is -2.62. The Kier molecular flexibility index (Phi) is 30.4. The molecule has 4 fully saturated rings. The lowest BCUT2D eigenvalue weighted by molar-refractivity contribution is -0.144. The minimum atomic E-state index is -3.99. The van der Waals surface area contributed by atoms with Crippen LogP contribution in [0.4, 0.5) is 3.52 Å². The van der Waals surface area contributed by atoms with Gasteiger partial charge in [-0.25, -0.2) is 4.79 Å². The Morgan fingerprint density at radius 3 is 1.90 bits per heavy atom. The number of nitrogens with one attached hydrogen (secondary N) is 7. The Bertz CT molecular complexity index is 2630. The summed E-state index contributed by atoms with van der Waals surface area (Å²) >= 11 is -3.18. The molecule has 0 aromatic carbocycles. The number of thioether (sulfide) groups is 1. The Hall–Kier alpha value is -7.38. The third kappa shape index (κ3) is 24.1. The van der Waals surface area contributed by atoms with Crippen LogP contribution in [0.25, 0.3) is 0 Å². The number of rotatable bonds is 31. The number of hydrogen-bond acceptors (Lipinski definition) is 24. The van der Waals surface area contributed by atoms with Crippen LogP contribution in [0.3, 0.4) is 0 Å². The number of halogens is 1. The van der Waals surface area contributed by atoms with Gasteiger partial charge in [-0.15, -0.1) is 11.8 Å². The van der Waals surface area contributed by atoms with Crippen LogP contribution >= 0.6 is 11.8 Å². The first-order valence-corrected chi connectivity index (χ1v) is 31.5. The SMILES string of the molecule is CC(C)[C@@H](NC(=O)[C@@H](CCCN=C(N)N)NC(=O)[C@H](NC(=O)[C@@H](CC(N)=O)NC(=O)[C@H](N)CO)[C@H](C)O)C(=O)N[C@H](C)C(=O)N1CCC[C@@H]1C(=O)N[C@H](CSC1CC(=O)N(CCNC(=O)CN2CCN3CCN(CC2)CC(=O)[O][Al]([F])[O]C(=O)C3)C1=O)C(=O)O. The van der Waals surface area contributed by atoms with Crippen LogP contribution in [0.1, 0.15) is 66.2 Å². The smallest absolute Gasteiger partial charge is 0.558 e. The summed E-state index contributed by atoms with van der Waals surface area (Å²) < 4.78 is 23.4. The predicted molar refractivity (Wildman–Crippen MR) is 314 cm³/mol. The van der Waals surface area contributed by atoms with Crippen LogP contribution in [0.15, 0.2) is 4.99 Å². The van der Waals surface area contributed by atoms with Gasteiger partial charge in [0.25, 0.3) is 11.9 Å². The van der Waals surface area contributed by atoms with Crippen molar-refractivity contribution in [2.24, 2.45) is 33.8 Å². The fourth-order valence-electron chi connectivity index (χ4n) is 9.74. The third-order valence-electron chi connectivity index (χ3n) is 14.7. The highest BCUT2D eigenvalue weighted by molar-refractivity contribution is 8.00. The largest absolute Gasteiger partial charge is 1.15 e. The Balaban J connectivity index is 1.32. The van der Waals surface area contributed by atoms with Gasteiger partial charge in [-0.3, -0.25) is 86.9 Å². The van der Waals surface area contributed by atoms with Crippen LogP contribution in [0, 0.1) is 5.92 Å². The van der Waals surface area contributed by atoms with Crippen molar-refractivity contribution < 1.29 is 93.5 Å². The van der Waals surface area contributed by atoms with Gasteiger partial charge in [0.15, 0.2) is 5.96 Å². The molecule has 3 unspecified atom stereocenters. The average molecular weight is 1320 g/mol. The number of nitrogens with zero attached hydrogens (tertiary/aromatic N) is 6. The van der Waals surface area contributed by atoms with E-state index in [1.165, 1.54) is 6.92 Å². The maximum atomic E-state index is 14.1. The van der Waals surface area contributed by atoms with Gasteiger partial charge in [0.1, 0.15) is 48.3 Å². The highest BCUT2D eigenvalue weighted by atomic mass is 32.2. The van der Waals surface area contributed by atoms with E-state index in [9.17, 15) is 86.0 Å². The fraction of sp³-hybridized carbons (Fsp3) is 0.706. The second-order valence-electron chi connectivity index (χ2n) is 22.1. The summed E-state index contributed by atoms with van der Waals surface area (Å²) in [6.45, 7) is 5.73. The van der Waals surface area contributed by atoms with Gasteiger partial charge in [0, 0.05) is 77.6 Å². The summed E-state index contributed by atoms with van der Waals surface area (Å²) in [4.78, 5) is 195. The second kappa shape index (κ2) is 36.5. The lowest BCUT2D eigenvalue weighted by Gasteiger charge is -2.30. The molecule has 12 atom stereocenters. The number of guanidine groups is 1. The Labute approximate surface area is 526 Å². The number of aliphatic hydroxyl groups excluding tert-OH is 2. The number of carbonyl (C=O) groups excluding carboxylic acids is 13. The molecule has 0 aromatic heterocycles. The van der Waals surface area contributed by atoms with Crippen LogP contribution < -0.4 is 60.2 Å². The van der Waals surface area contributed by atoms with Crippen molar-refractivity contribution in [3.63, 3.8) is 0 Å². The Morgan fingerprint density at radius 2 is 1.33 bits per heavy atom. The van der Waals surface area contributed by atoms with Crippen LogP contribution in [0.2, 0.25) is 0 Å². The standard InChI is InChI=1S/C51H85N17O19S.Al.FH/c1-26(2)40(62-43(79)30(7-5-9-57-51(54)55)59-47(83)41(28(4)70)63-44(80)31(19-35(53)71)60-42(78)29(52)24-69)46(82)58-27(3)48(84)67-11-6-8-33(67)45(81)61-32(50(86)87)25-88-34-20-37(73)68(49(34)85)12-10-56-36(72)21-64-13-15-65(22-38(74)75)17-18-66(16-14-64)23-39(76)77;;/h26-34,40-41,69-70H,5-25,52H2,1-4H3,(H2,53,71)(H,56,72)(H,58,82)(H,59,83)(H,60,78)(H,61,81)(H,62,79)(H,63,80)(H,74,75)(H,76,77)(H,86,87)(H4,54,55,57);;1H/q;+3;/p-3/t27-,28+,29-,30-,31-,32-,33-,34?,40-,41-;;/m1../s1. The number of likely N-dealkylation sites (tertiary alicyclic amines) is 2. The van der Waals surface area contributed by atoms with Crippen molar-refractivity contribution in [1.82, 2.24) is 61.7 Å². The quantitative estimate of drug-likeness (QED) is 0.0101. The number of hydrogen-bond donors (Lipinski definition) is 14. The molecule has 36 nitrogen and oxygen atoms in total. The topological polar surface area (TPSA) is 535 Å². The molecule has 4 saturated heterocycles. The zero-order chi connectivity index (χ0) is 67.1. The van der Waals surface area contributed by atoms with Gasteiger partial charge < -0.3 is 91.5 Å². The number of imide groups is 1. The summed E-state index contributed by atoms with van der Waals surface area (Å²) in [5, 5.41) is 45.9. The molecule has 4 aliphatic heterocycles. The number of carbonyl (C=O) groups is 14. The van der Waals surface area contributed by atoms with Gasteiger partial charge >= 0.3 is 21.2 Å². The molecular formula is C51H83AlFN17O19S.